The molecule has 52 valence electrons. The van der Waals surface area contributed by atoms with Crippen LogP contribution in [0.1, 0.15) is 19.8 Å². The number of allylic oxidation sites excluding steroid dienone is 2. The quantitative estimate of drug-likeness (QED) is 0.399. The summed E-state index contributed by atoms with van der Waals surface area (Å²) in [6.45, 7) is 2.13. The molecule has 0 spiro atoms. The molecule has 4 N–H and O–H groups in total. The van der Waals surface area contributed by atoms with E-state index in [1.54, 1.807) is 0 Å². The van der Waals surface area contributed by atoms with Gasteiger partial charge in [-0.15, -0.1) is 0 Å². The fraction of sp³-hybridized carbons (Fsp3) is 0.714. The lowest BCUT2D eigenvalue weighted by Gasteiger charge is -2.12. The van der Waals surface area contributed by atoms with Gasteiger partial charge in [-0.3, -0.25) is 0 Å². The van der Waals surface area contributed by atoms with E-state index in [1.165, 1.54) is 5.57 Å². The topological polar surface area (TPSA) is 52.0 Å². The van der Waals surface area contributed by atoms with Crippen LogP contribution in [0.15, 0.2) is 11.6 Å². The summed E-state index contributed by atoms with van der Waals surface area (Å²) in [4.78, 5) is 0. The van der Waals surface area contributed by atoms with Crippen LogP contribution in [0, 0.1) is 5.92 Å². The lowest BCUT2D eigenvalue weighted by molar-refractivity contribution is 0.452. The van der Waals surface area contributed by atoms with Crippen LogP contribution in [0.25, 0.3) is 0 Å². The first-order valence-corrected chi connectivity index (χ1v) is 3.37. The Morgan fingerprint density at radius 2 is 2.33 bits per heavy atom. The van der Waals surface area contributed by atoms with E-state index in [0.29, 0.717) is 5.92 Å². The second-order valence-corrected chi connectivity index (χ2v) is 2.83. The summed E-state index contributed by atoms with van der Waals surface area (Å²) >= 11 is 0. The Hall–Kier alpha value is -0.340. The molecule has 0 aromatic rings. The Bertz CT molecular complexity index is 127. The highest BCUT2D eigenvalue weighted by Gasteiger charge is 2.17. The van der Waals surface area contributed by atoms with E-state index in [4.69, 9.17) is 11.5 Å². The van der Waals surface area contributed by atoms with E-state index in [-0.39, 0.29) is 6.17 Å². The predicted octanol–water partition coefficient (Wildman–Crippen LogP) is 0.586. The van der Waals surface area contributed by atoms with Gasteiger partial charge in [-0.1, -0.05) is 11.6 Å². The molecule has 0 saturated carbocycles. The molecule has 2 heteroatoms. The zero-order valence-corrected chi connectivity index (χ0v) is 5.80. The van der Waals surface area contributed by atoms with Gasteiger partial charge in [-0.2, -0.15) is 0 Å². The van der Waals surface area contributed by atoms with Crippen molar-refractivity contribution in [2.75, 3.05) is 0 Å². The van der Waals surface area contributed by atoms with Crippen LogP contribution >= 0.6 is 0 Å². The molecular formula is C7H14N2. The van der Waals surface area contributed by atoms with Crippen LogP contribution in [0.4, 0.5) is 0 Å². The summed E-state index contributed by atoms with van der Waals surface area (Å²) in [7, 11) is 0. The maximum Gasteiger partial charge on any atom is 0.0556 e. The Morgan fingerprint density at radius 1 is 1.67 bits per heavy atom. The second-order valence-electron chi connectivity index (χ2n) is 2.83. The molecule has 0 fully saturated rings. The first kappa shape index (κ1) is 6.78. The minimum absolute atomic E-state index is 0.126. The maximum atomic E-state index is 5.50. The van der Waals surface area contributed by atoms with Gasteiger partial charge in [0, 0.05) is 0 Å². The summed E-state index contributed by atoms with van der Waals surface area (Å²) in [6.07, 6.45) is 4.26. The molecule has 1 aliphatic carbocycles. The molecule has 0 amide bonds. The molecule has 9 heavy (non-hydrogen) atoms. The molecule has 0 radical (unpaired) electrons. The van der Waals surface area contributed by atoms with Gasteiger partial charge in [0.15, 0.2) is 0 Å². The Labute approximate surface area is 55.9 Å². The lowest BCUT2D eigenvalue weighted by Crippen LogP contribution is -2.37. The van der Waals surface area contributed by atoms with Crippen molar-refractivity contribution in [1.82, 2.24) is 0 Å². The Balaban J connectivity index is 2.37. The predicted molar refractivity (Wildman–Crippen MR) is 38.6 cm³/mol. The second kappa shape index (κ2) is 2.50. The third kappa shape index (κ3) is 1.53. The third-order valence-corrected chi connectivity index (χ3v) is 1.90. The molecule has 0 aromatic heterocycles. The van der Waals surface area contributed by atoms with Gasteiger partial charge >= 0.3 is 0 Å². The molecule has 0 heterocycles. The summed E-state index contributed by atoms with van der Waals surface area (Å²) in [5, 5.41) is 0. The van der Waals surface area contributed by atoms with Crippen molar-refractivity contribution in [2.24, 2.45) is 17.4 Å². The fourth-order valence-electron chi connectivity index (χ4n) is 1.23. The van der Waals surface area contributed by atoms with Gasteiger partial charge < -0.3 is 11.5 Å². The smallest absolute Gasteiger partial charge is 0.0556 e. The van der Waals surface area contributed by atoms with Crippen molar-refractivity contribution >= 4 is 0 Å². The van der Waals surface area contributed by atoms with Crippen LogP contribution in [-0.4, -0.2) is 6.17 Å². The number of nitrogens with two attached hydrogens (primary N) is 2. The Kier molecular flexibility index (Phi) is 1.88. The van der Waals surface area contributed by atoms with Crippen molar-refractivity contribution in [2.45, 2.75) is 25.9 Å². The highest BCUT2D eigenvalue weighted by molar-refractivity contribution is 5.07. The average Bonchev–Trinajstić information content (AvgIpc) is 2.14. The van der Waals surface area contributed by atoms with Gasteiger partial charge in [0.2, 0.25) is 0 Å². The molecule has 0 bridgehead atoms. The summed E-state index contributed by atoms with van der Waals surface area (Å²) in [5.74, 6) is 0.505. The molecule has 2 nitrogen and oxygen atoms in total. The van der Waals surface area contributed by atoms with Gasteiger partial charge in [0.05, 0.1) is 6.17 Å². The molecule has 1 aliphatic rings. The third-order valence-electron chi connectivity index (χ3n) is 1.90. The summed E-state index contributed by atoms with van der Waals surface area (Å²) in [6, 6.07) is 0. The monoisotopic (exact) mass is 126 g/mol. The van der Waals surface area contributed by atoms with E-state index in [1.807, 2.05) is 0 Å². The van der Waals surface area contributed by atoms with Crippen LogP contribution < -0.4 is 11.5 Å². The molecule has 0 aromatic carbocycles. The maximum absolute atomic E-state index is 5.50. The van der Waals surface area contributed by atoms with Crippen LogP contribution in [-0.2, 0) is 0 Å². The molecule has 0 saturated heterocycles. The van der Waals surface area contributed by atoms with Crippen molar-refractivity contribution in [3.8, 4) is 0 Å². The van der Waals surface area contributed by atoms with E-state index in [9.17, 15) is 0 Å². The minimum atomic E-state index is -0.126. The molecule has 0 aliphatic heterocycles. The Morgan fingerprint density at radius 3 is 2.56 bits per heavy atom. The normalized spacial score (nSPS) is 27.1. The number of hydrogen-bond acceptors (Lipinski definition) is 2. The van der Waals surface area contributed by atoms with Gasteiger partial charge in [0.25, 0.3) is 0 Å². The lowest BCUT2D eigenvalue weighted by atomic mass is 10.0. The standard InChI is InChI=1S/C7H14N2/c1-5-2-3-6(4-5)7(8)9/h2,6-7H,3-4,8-9H2,1H3. The number of rotatable bonds is 1. The van der Waals surface area contributed by atoms with Crippen molar-refractivity contribution < 1.29 is 0 Å². The number of hydrogen-bond donors (Lipinski definition) is 2. The first-order valence-electron chi connectivity index (χ1n) is 3.37. The zero-order valence-electron chi connectivity index (χ0n) is 5.80. The first-order chi connectivity index (χ1) is 4.20. The van der Waals surface area contributed by atoms with Crippen molar-refractivity contribution in [1.29, 1.82) is 0 Å². The zero-order chi connectivity index (χ0) is 6.85. The molecule has 1 rings (SSSR count). The van der Waals surface area contributed by atoms with E-state index in [0.717, 1.165) is 12.8 Å². The summed E-state index contributed by atoms with van der Waals surface area (Å²) < 4.78 is 0. The summed E-state index contributed by atoms with van der Waals surface area (Å²) in [5.41, 5.74) is 12.4. The minimum Gasteiger partial charge on any atom is -0.316 e. The fourth-order valence-corrected chi connectivity index (χ4v) is 1.23. The van der Waals surface area contributed by atoms with Gasteiger partial charge in [-0.25, -0.2) is 0 Å². The molecular weight excluding hydrogens is 112 g/mol. The van der Waals surface area contributed by atoms with Crippen LogP contribution in [0.2, 0.25) is 0 Å². The van der Waals surface area contributed by atoms with Crippen molar-refractivity contribution in [3.63, 3.8) is 0 Å². The SMILES string of the molecule is CC1=CCC(C(N)N)C1. The average molecular weight is 126 g/mol. The highest BCUT2D eigenvalue weighted by Crippen LogP contribution is 2.24. The van der Waals surface area contributed by atoms with Gasteiger partial charge in [0.1, 0.15) is 0 Å². The van der Waals surface area contributed by atoms with Crippen molar-refractivity contribution in [3.05, 3.63) is 11.6 Å². The molecule has 1 unspecified atom stereocenters. The molecule has 1 atom stereocenters. The van der Waals surface area contributed by atoms with E-state index in [2.05, 4.69) is 13.0 Å². The van der Waals surface area contributed by atoms with E-state index < -0.39 is 0 Å². The van der Waals surface area contributed by atoms with Gasteiger partial charge in [-0.05, 0) is 25.7 Å². The van der Waals surface area contributed by atoms with Crippen LogP contribution in [0.3, 0.4) is 0 Å². The highest BCUT2D eigenvalue weighted by atomic mass is 14.9. The van der Waals surface area contributed by atoms with E-state index >= 15 is 0 Å². The largest absolute Gasteiger partial charge is 0.316 e. The van der Waals surface area contributed by atoms with Crippen LogP contribution in [0.5, 0.6) is 0 Å².